The molecule has 0 aliphatic carbocycles. The molecule has 2 aromatic rings. The SMILES string of the molecule is CCCCCCCCCC(=O)NCCNC[C@H](N)C(=O)NCC(=O)N(CC[C@@H](NC(=O)CCCC(=O)O)C(=O)O)c1[nH]c2ccccc2c1C. The molecule has 1 aromatic carbocycles. The van der Waals surface area contributed by atoms with E-state index in [-0.39, 0.29) is 44.7 Å². The van der Waals surface area contributed by atoms with Crippen LogP contribution in [-0.2, 0) is 28.8 Å². The lowest BCUT2D eigenvalue weighted by Gasteiger charge is -2.25. The third kappa shape index (κ3) is 15.4. The number of amides is 4. The number of benzene rings is 1. The van der Waals surface area contributed by atoms with Crippen molar-refractivity contribution in [2.75, 3.05) is 37.6 Å². The first-order valence-electron chi connectivity index (χ1n) is 17.6. The average molecular weight is 702 g/mol. The van der Waals surface area contributed by atoms with Gasteiger partial charge in [-0.1, -0.05) is 63.6 Å². The number of nitrogens with one attached hydrogen (secondary N) is 5. The van der Waals surface area contributed by atoms with E-state index >= 15 is 0 Å². The van der Waals surface area contributed by atoms with Gasteiger partial charge in [-0.3, -0.25) is 28.9 Å². The largest absolute Gasteiger partial charge is 0.481 e. The second-order valence-electron chi connectivity index (χ2n) is 12.4. The molecular weight excluding hydrogens is 646 g/mol. The maximum atomic E-state index is 13.5. The first kappa shape index (κ1) is 41.7. The highest BCUT2D eigenvalue weighted by Crippen LogP contribution is 2.28. The number of carbonyl (C=O) groups excluding carboxylic acids is 4. The monoisotopic (exact) mass is 701 g/mol. The predicted molar refractivity (Wildman–Crippen MR) is 191 cm³/mol. The molecule has 1 aromatic heterocycles. The molecule has 0 aliphatic heterocycles. The maximum Gasteiger partial charge on any atom is 0.326 e. The van der Waals surface area contributed by atoms with Crippen LogP contribution >= 0.6 is 0 Å². The average Bonchev–Trinajstić information content (AvgIpc) is 3.41. The number of unbranched alkanes of at least 4 members (excludes halogenated alkanes) is 6. The number of nitrogens with zero attached hydrogens (tertiary/aromatic N) is 1. The standard InChI is InChI=1S/C35H55N7O8/c1-3-4-5-6-7-8-9-15-29(43)38-20-19-37-22-26(36)34(48)39-23-31(45)42(33-24(2)25-13-10-11-14-27(25)41-33)21-18-28(35(49)50)40-30(44)16-12-17-32(46)47/h10-11,13-14,26,28,37,41H,3-9,12,15-23,36H2,1-2H3,(H,38,43)(H,39,48)(H,40,44)(H,46,47)(H,49,50)/t26-,28+/m0/s1. The molecule has 2 rings (SSSR count). The summed E-state index contributed by atoms with van der Waals surface area (Å²) in [5.74, 6) is -3.68. The molecule has 278 valence electrons. The lowest BCUT2D eigenvalue weighted by atomic mass is 10.1. The molecule has 0 spiro atoms. The van der Waals surface area contributed by atoms with E-state index in [2.05, 4.69) is 33.2 Å². The van der Waals surface area contributed by atoms with Gasteiger partial charge in [0.15, 0.2) is 0 Å². The van der Waals surface area contributed by atoms with Gasteiger partial charge < -0.3 is 42.2 Å². The first-order chi connectivity index (χ1) is 23.9. The number of rotatable bonds is 26. The zero-order valence-corrected chi connectivity index (χ0v) is 29.4. The predicted octanol–water partition coefficient (Wildman–Crippen LogP) is 2.31. The number of aliphatic carboxylic acids is 2. The van der Waals surface area contributed by atoms with Crippen molar-refractivity contribution in [1.29, 1.82) is 0 Å². The van der Waals surface area contributed by atoms with Gasteiger partial charge in [0.1, 0.15) is 11.9 Å². The summed E-state index contributed by atoms with van der Waals surface area (Å²) in [6.45, 7) is 4.37. The summed E-state index contributed by atoms with van der Waals surface area (Å²) in [5, 5.41) is 30.2. The maximum absolute atomic E-state index is 13.5. The number of hydrogen-bond acceptors (Lipinski definition) is 8. The van der Waals surface area contributed by atoms with Crippen molar-refractivity contribution in [2.45, 2.75) is 103 Å². The number of fused-ring (bicyclic) bond motifs is 1. The van der Waals surface area contributed by atoms with Crippen LogP contribution in [-0.4, -0.2) is 95.6 Å². The Labute approximate surface area is 293 Å². The van der Waals surface area contributed by atoms with Crippen LogP contribution in [0.25, 0.3) is 10.9 Å². The molecule has 50 heavy (non-hydrogen) atoms. The number of hydrogen-bond donors (Lipinski definition) is 8. The summed E-state index contributed by atoms with van der Waals surface area (Å²) in [6.07, 6.45) is 7.95. The number of aromatic amines is 1. The van der Waals surface area contributed by atoms with E-state index in [9.17, 15) is 33.9 Å². The van der Waals surface area contributed by atoms with Crippen LogP contribution in [0.3, 0.4) is 0 Å². The minimum absolute atomic E-state index is 0.0107. The fourth-order valence-electron chi connectivity index (χ4n) is 5.44. The molecule has 0 aliphatic rings. The Morgan fingerprint density at radius 2 is 1.54 bits per heavy atom. The summed E-state index contributed by atoms with van der Waals surface area (Å²) in [7, 11) is 0. The number of aryl methyl sites for hydroxylation is 1. The normalized spacial score (nSPS) is 12.2. The second kappa shape index (κ2) is 23.0. The fraction of sp³-hybridized carbons (Fsp3) is 0.600. The van der Waals surface area contributed by atoms with Crippen LogP contribution < -0.4 is 31.9 Å². The van der Waals surface area contributed by atoms with Gasteiger partial charge in [0.2, 0.25) is 23.6 Å². The quantitative estimate of drug-likeness (QED) is 0.0667. The Morgan fingerprint density at radius 3 is 2.22 bits per heavy atom. The minimum atomic E-state index is -1.34. The van der Waals surface area contributed by atoms with Crippen molar-refractivity contribution in [2.24, 2.45) is 5.73 Å². The Balaban J connectivity index is 1.89. The summed E-state index contributed by atoms with van der Waals surface area (Å²) in [5.41, 5.74) is 7.52. The van der Waals surface area contributed by atoms with Gasteiger partial charge in [-0.15, -0.1) is 0 Å². The van der Waals surface area contributed by atoms with Crippen molar-refractivity contribution in [3.8, 4) is 0 Å². The van der Waals surface area contributed by atoms with Gasteiger partial charge in [0.25, 0.3) is 0 Å². The van der Waals surface area contributed by atoms with Gasteiger partial charge in [-0.05, 0) is 37.8 Å². The van der Waals surface area contributed by atoms with Gasteiger partial charge in [0, 0.05) is 56.3 Å². The summed E-state index contributed by atoms with van der Waals surface area (Å²) < 4.78 is 0. The van der Waals surface area contributed by atoms with Crippen molar-refractivity contribution >= 4 is 52.3 Å². The molecule has 0 unspecified atom stereocenters. The van der Waals surface area contributed by atoms with Gasteiger partial charge in [0.05, 0.1) is 12.6 Å². The Bertz CT molecular complexity index is 1410. The lowest BCUT2D eigenvalue weighted by Crippen LogP contribution is -2.51. The van der Waals surface area contributed by atoms with Crippen LogP contribution in [0.1, 0.15) is 89.5 Å². The van der Waals surface area contributed by atoms with E-state index in [4.69, 9.17) is 10.8 Å². The van der Waals surface area contributed by atoms with E-state index in [1.165, 1.54) is 30.6 Å². The zero-order valence-electron chi connectivity index (χ0n) is 29.4. The van der Waals surface area contributed by atoms with Crippen LogP contribution in [0.15, 0.2) is 24.3 Å². The van der Waals surface area contributed by atoms with Crippen molar-refractivity contribution < 1.29 is 39.0 Å². The summed E-state index contributed by atoms with van der Waals surface area (Å²) in [4.78, 5) is 77.9. The van der Waals surface area contributed by atoms with Crippen molar-refractivity contribution in [3.63, 3.8) is 0 Å². The molecule has 4 amide bonds. The molecule has 0 fully saturated rings. The van der Waals surface area contributed by atoms with Gasteiger partial charge >= 0.3 is 11.9 Å². The smallest absolute Gasteiger partial charge is 0.326 e. The molecule has 15 nitrogen and oxygen atoms in total. The molecule has 0 saturated carbocycles. The van der Waals surface area contributed by atoms with E-state index < -0.39 is 48.3 Å². The van der Waals surface area contributed by atoms with Crippen LogP contribution in [0.4, 0.5) is 5.82 Å². The highest BCUT2D eigenvalue weighted by Gasteiger charge is 2.26. The molecule has 0 radical (unpaired) electrons. The molecule has 0 bridgehead atoms. The van der Waals surface area contributed by atoms with E-state index in [1.54, 1.807) is 0 Å². The molecule has 2 atom stereocenters. The van der Waals surface area contributed by atoms with E-state index in [1.807, 2.05) is 31.2 Å². The van der Waals surface area contributed by atoms with E-state index in [0.29, 0.717) is 25.3 Å². The van der Waals surface area contributed by atoms with Crippen LogP contribution in [0.2, 0.25) is 0 Å². The highest BCUT2D eigenvalue weighted by molar-refractivity contribution is 6.00. The number of carboxylic acid groups (broad SMARTS) is 2. The lowest BCUT2D eigenvalue weighted by molar-refractivity contribution is -0.142. The molecule has 1 heterocycles. The number of aromatic nitrogens is 1. The fourth-order valence-corrected chi connectivity index (χ4v) is 5.44. The third-order valence-corrected chi connectivity index (χ3v) is 8.33. The Hall–Kier alpha value is -4.50. The number of carbonyl (C=O) groups is 6. The number of anilines is 1. The molecule has 9 N–H and O–H groups in total. The molecule has 15 heteroatoms. The minimum Gasteiger partial charge on any atom is -0.481 e. The van der Waals surface area contributed by atoms with Crippen LogP contribution in [0, 0.1) is 6.92 Å². The highest BCUT2D eigenvalue weighted by atomic mass is 16.4. The summed E-state index contributed by atoms with van der Waals surface area (Å²) >= 11 is 0. The molecule has 0 saturated heterocycles. The summed E-state index contributed by atoms with van der Waals surface area (Å²) in [6, 6.07) is 5.08. The number of H-pyrrole nitrogens is 1. The van der Waals surface area contributed by atoms with Gasteiger partial charge in [-0.25, -0.2) is 4.79 Å². The van der Waals surface area contributed by atoms with Crippen molar-refractivity contribution in [1.82, 2.24) is 26.3 Å². The topological polar surface area (TPSA) is 236 Å². The van der Waals surface area contributed by atoms with Gasteiger partial charge in [-0.2, -0.15) is 0 Å². The Kier molecular flexibility index (Phi) is 19.2. The first-order valence-corrected chi connectivity index (χ1v) is 17.6. The second-order valence-corrected chi connectivity index (χ2v) is 12.4. The van der Waals surface area contributed by atoms with Crippen molar-refractivity contribution in [3.05, 3.63) is 29.8 Å². The van der Waals surface area contributed by atoms with E-state index in [0.717, 1.165) is 35.7 Å². The number of nitrogens with two attached hydrogens (primary N) is 1. The number of carboxylic acids is 2. The Morgan fingerprint density at radius 1 is 0.860 bits per heavy atom. The third-order valence-electron chi connectivity index (χ3n) is 8.33. The zero-order chi connectivity index (χ0) is 36.9. The number of para-hydroxylation sites is 1. The van der Waals surface area contributed by atoms with Crippen LogP contribution in [0.5, 0.6) is 0 Å². The molecular formula is C35H55N7O8.